The van der Waals surface area contributed by atoms with Crippen molar-refractivity contribution in [1.29, 1.82) is 0 Å². The van der Waals surface area contributed by atoms with E-state index in [9.17, 15) is 0 Å². The van der Waals surface area contributed by atoms with E-state index in [1.807, 2.05) is 10.7 Å². The molecule has 0 saturated carbocycles. The fraction of sp³-hybridized carbons (Fsp3) is 0.0952. The Balaban J connectivity index is 2.00. The predicted octanol–water partition coefficient (Wildman–Crippen LogP) is 5.26. The zero-order valence-electron chi connectivity index (χ0n) is 13.3. The predicted molar refractivity (Wildman–Crippen MR) is 95.1 cm³/mol. The van der Waals surface area contributed by atoms with Gasteiger partial charge in [0.15, 0.2) is 0 Å². The maximum absolute atomic E-state index is 4.96. The topological polar surface area (TPSA) is 17.8 Å². The molecule has 1 aliphatic carbocycles. The summed E-state index contributed by atoms with van der Waals surface area (Å²) >= 11 is 0. The van der Waals surface area contributed by atoms with E-state index < -0.39 is 0 Å². The zero-order chi connectivity index (χ0) is 15.8. The van der Waals surface area contributed by atoms with Crippen LogP contribution in [-0.4, -0.2) is 9.78 Å². The Bertz CT molecular complexity index is 918. The molecule has 2 heteroatoms. The first-order valence-corrected chi connectivity index (χ1v) is 7.85. The minimum atomic E-state index is 1.02. The minimum absolute atomic E-state index is 1.02. The molecule has 0 saturated heterocycles. The van der Waals surface area contributed by atoms with Crippen LogP contribution < -0.4 is 0 Å². The van der Waals surface area contributed by atoms with Crippen molar-refractivity contribution >= 4 is 0 Å². The molecule has 0 amide bonds. The van der Waals surface area contributed by atoms with E-state index in [2.05, 4.69) is 80.6 Å². The van der Waals surface area contributed by atoms with Crippen LogP contribution in [-0.2, 0) is 0 Å². The molecule has 0 N–H and O–H groups in total. The molecule has 2 aromatic rings. The van der Waals surface area contributed by atoms with Crippen LogP contribution in [0.15, 0.2) is 72.8 Å². The number of hydrogen-bond acceptors (Lipinski definition) is 1. The number of aryl methyl sites for hydroxylation is 1. The molecular weight excluding hydrogens is 280 g/mol. The monoisotopic (exact) mass is 298 g/mol. The summed E-state index contributed by atoms with van der Waals surface area (Å²) in [5.41, 5.74) is 8.13. The standard InChI is InChI=1S/C21H18N2/c1-15-11-13-18(14-12-15)23-16(2)19-9-6-10-20(19)21(22-23)17-7-4-3-5-8-17/h3-14H,1-2H3. The molecule has 112 valence electrons. The second kappa shape index (κ2) is 5.40. The lowest BCUT2D eigenvalue weighted by Crippen LogP contribution is -2.09. The summed E-state index contributed by atoms with van der Waals surface area (Å²) in [4.78, 5) is 0. The second-order valence-electron chi connectivity index (χ2n) is 5.90. The average molecular weight is 298 g/mol. The van der Waals surface area contributed by atoms with Gasteiger partial charge >= 0.3 is 0 Å². The van der Waals surface area contributed by atoms with Crippen molar-refractivity contribution in [2.24, 2.45) is 0 Å². The van der Waals surface area contributed by atoms with Crippen LogP contribution in [0.25, 0.3) is 28.1 Å². The van der Waals surface area contributed by atoms with Crippen LogP contribution in [0.1, 0.15) is 11.3 Å². The van der Waals surface area contributed by atoms with Gasteiger partial charge in [0.05, 0.1) is 11.4 Å². The number of benzene rings is 2. The van der Waals surface area contributed by atoms with E-state index in [0.717, 1.165) is 22.6 Å². The molecule has 1 aliphatic heterocycles. The van der Waals surface area contributed by atoms with Crippen LogP contribution in [0.4, 0.5) is 0 Å². The summed E-state index contributed by atoms with van der Waals surface area (Å²) in [5.74, 6) is 0. The number of rotatable bonds is 2. The molecule has 23 heavy (non-hydrogen) atoms. The third kappa shape index (κ3) is 2.33. The Hall–Kier alpha value is -2.87. The molecule has 0 radical (unpaired) electrons. The highest BCUT2D eigenvalue weighted by Gasteiger charge is 2.17. The normalized spacial score (nSPS) is 11.0. The molecule has 1 heterocycles. The van der Waals surface area contributed by atoms with Crippen molar-refractivity contribution in [1.82, 2.24) is 9.78 Å². The Kier molecular flexibility index (Phi) is 3.23. The highest BCUT2D eigenvalue weighted by Crippen LogP contribution is 2.35. The summed E-state index contributed by atoms with van der Waals surface area (Å²) in [5, 5.41) is 4.96. The smallest absolute Gasteiger partial charge is 0.0991 e. The minimum Gasteiger partial charge on any atom is -0.237 e. The molecule has 0 unspecified atom stereocenters. The molecule has 2 aliphatic rings. The van der Waals surface area contributed by atoms with Crippen LogP contribution in [0.5, 0.6) is 0 Å². The molecule has 4 rings (SSSR count). The van der Waals surface area contributed by atoms with Gasteiger partial charge in [-0.1, -0.05) is 66.2 Å². The SMILES string of the molecule is Cc1ccc(-n2nc(-c3ccccc3)c3cccc-3c2C)cc1. The first kappa shape index (κ1) is 13.8. The maximum Gasteiger partial charge on any atom is 0.0991 e. The van der Waals surface area contributed by atoms with Gasteiger partial charge < -0.3 is 0 Å². The molecule has 0 bridgehead atoms. The van der Waals surface area contributed by atoms with Crippen molar-refractivity contribution in [3.63, 3.8) is 0 Å². The second-order valence-corrected chi connectivity index (χ2v) is 5.90. The number of hydrogen-bond donors (Lipinski definition) is 0. The molecule has 0 atom stereocenters. The van der Waals surface area contributed by atoms with Gasteiger partial charge in [0.25, 0.3) is 0 Å². The molecule has 2 nitrogen and oxygen atoms in total. The molecule has 0 fully saturated rings. The van der Waals surface area contributed by atoms with Gasteiger partial charge in [-0.3, -0.25) is 0 Å². The highest BCUT2D eigenvalue weighted by atomic mass is 15.3. The lowest BCUT2D eigenvalue weighted by Gasteiger charge is -2.18. The summed E-state index contributed by atoms with van der Waals surface area (Å²) in [6.45, 7) is 4.23. The van der Waals surface area contributed by atoms with E-state index in [0.29, 0.717) is 0 Å². The van der Waals surface area contributed by atoms with Crippen molar-refractivity contribution < 1.29 is 0 Å². The van der Waals surface area contributed by atoms with Gasteiger partial charge in [-0.2, -0.15) is 5.10 Å². The Labute approximate surface area is 136 Å². The first-order valence-electron chi connectivity index (χ1n) is 7.85. The Morgan fingerprint density at radius 3 is 2.13 bits per heavy atom. The van der Waals surface area contributed by atoms with Crippen LogP contribution >= 0.6 is 0 Å². The van der Waals surface area contributed by atoms with Crippen LogP contribution in [0.2, 0.25) is 0 Å². The highest BCUT2D eigenvalue weighted by molar-refractivity contribution is 5.83. The number of fused-ring (bicyclic) bond motifs is 1. The molecular formula is C21H18N2. The van der Waals surface area contributed by atoms with Gasteiger partial charge in [0.1, 0.15) is 0 Å². The number of aromatic nitrogens is 2. The van der Waals surface area contributed by atoms with E-state index in [1.54, 1.807) is 0 Å². The fourth-order valence-electron chi connectivity index (χ4n) is 3.03. The third-order valence-electron chi connectivity index (χ3n) is 4.30. The summed E-state index contributed by atoms with van der Waals surface area (Å²) < 4.78 is 2.05. The lowest BCUT2D eigenvalue weighted by molar-refractivity contribution is 0.813. The van der Waals surface area contributed by atoms with Gasteiger partial charge in [-0.25, -0.2) is 4.68 Å². The summed E-state index contributed by atoms with van der Waals surface area (Å²) in [6, 6.07) is 25.3. The summed E-state index contributed by atoms with van der Waals surface area (Å²) in [7, 11) is 0. The van der Waals surface area contributed by atoms with Crippen LogP contribution in [0, 0.1) is 13.8 Å². The van der Waals surface area contributed by atoms with Crippen molar-refractivity contribution in [2.45, 2.75) is 13.8 Å². The quantitative estimate of drug-likeness (QED) is 0.493. The molecule has 2 aromatic carbocycles. The zero-order valence-corrected chi connectivity index (χ0v) is 13.3. The Morgan fingerprint density at radius 2 is 1.39 bits per heavy atom. The number of nitrogens with zero attached hydrogens (tertiary/aromatic N) is 2. The van der Waals surface area contributed by atoms with Gasteiger partial charge in [-0.05, 0) is 26.0 Å². The third-order valence-corrected chi connectivity index (χ3v) is 4.30. The lowest BCUT2D eigenvalue weighted by atomic mass is 10.0. The molecule has 0 aromatic heterocycles. The maximum atomic E-state index is 4.96. The Morgan fingerprint density at radius 1 is 0.696 bits per heavy atom. The largest absolute Gasteiger partial charge is 0.237 e. The van der Waals surface area contributed by atoms with Gasteiger partial charge in [-0.15, -0.1) is 0 Å². The van der Waals surface area contributed by atoms with Crippen molar-refractivity contribution in [2.75, 3.05) is 0 Å². The van der Waals surface area contributed by atoms with E-state index in [1.165, 1.54) is 16.7 Å². The van der Waals surface area contributed by atoms with Crippen LogP contribution in [0.3, 0.4) is 0 Å². The average Bonchev–Trinajstić information content (AvgIpc) is 3.07. The van der Waals surface area contributed by atoms with Crippen molar-refractivity contribution in [3.8, 4) is 28.1 Å². The summed E-state index contributed by atoms with van der Waals surface area (Å²) in [6.07, 6.45) is 0. The van der Waals surface area contributed by atoms with Gasteiger partial charge in [0.2, 0.25) is 0 Å². The van der Waals surface area contributed by atoms with E-state index >= 15 is 0 Å². The first-order chi connectivity index (χ1) is 11.2. The fourth-order valence-corrected chi connectivity index (χ4v) is 3.03. The van der Waals surface area contributed by atoms with E-state index in [4.69, 9.17) is 5.10 Å². The van der Waals surface area contributed by atoms with E-state index in [-0.39, 0.29) is 0 Å². The molecule has 0 spiro atoms. The van der Waals surface area contributed by atoms with Gasteiger partial charge in [0, 0.05) is 22.4 Å². The van der Waals surface area contributed by atoms with Crippen molar-refractivity contribution in [3.05, 3.63) is 84.1 Å².